The average Bonchev–Trinajstić information content (AvgIpc) is 2.53. The van der Waals surface area contributed by atoms with Crippen molar-refractivity contribution in [3.05, 3.63) is 64.1 Å². The monoisotopic (exact) mass is 299 g/mol. The fraction of sp³-hybridized carbons (Fsp3) is 0.176. The molecule has 22 heavy (non-hydrogen) atoms. The number of aryl methyl sites for hydroxylation is 1. The minimum Gasteiger partial charge on any atom is -0.497 e. The second-order valence-corrected chi connectivity index (χ2v) is 4.74. The van der Waals surface area contributed by atoms with Crippen LogP contribution in [0.3, 0.4) is 0 Å². The van der Waals surface area contributed by atoms with Crippen LogP contribution in [0, 0.1) is 6.92 Å². The molecule has 0 bridgehead atoms. The Morgan fingerprint density at radius 1 is 1.27 bits per heavy atom. The first-order valence-corrected chi connectivity index (χ1v) is 6.71. The number of hydrogen-bond acceptors (Lipinski definition) is 4. The van der Waals surface area contributed by atoms with E-state index in [-0.39, 0.29) is 11.2 Å². The van der Waals surface area contributed by atoms with E-state index >= 15 is 0 Å². The summed E-state index contributed by atoms with van der Waals surface area (Å²) in [6.07, 6.45) is 4.51. The Morgan fingerprint density at radius 2 is 2.05 bits per heavy atom. The molecule has 0 radical (unpaired) electrons. The summed E-state index contributed by atoms with van der Waals surface area (Å²) >= 11 is 0. The summed E-state index contributed by atoms with van der Waals surface area (Å²) in [5, 5.41) is 0. The number of rotatable bonds is 4. The van der Waals surface area contributed by atoms with Crippen molar-refractivity contribution in [1.29, 1.82) is 0 Å². The predicted molar refractivity (Wildman–Crippen MR) is 84.1 cm³/mol. The molecule has 5 nitrogen and oxygen atoms in total. The Labute approximate surface area is 128 Å². The molecule has 2 rings (SSSR count). The van der Waals surface area contributed by atoms with Gasteiger partial charge in [-0.15, -0.1) is 0 Å². The highest BCUT2D eigenvalue weighted by molar-refractivity contribution is 5.88. The summed E-state index contributed by atoms with van der Waals surface area (Å²) in [4.78, 5) is 23.6. The highest BCUT2D eigenvalue weighted by Gasteiger charge is 2.10. The second kappa shape index (κ2) is 6.76. The van der Waals surface area contributed by atoms with Crippen molar-refractivity contribution in [1.82, 2.24) is 4.57 Å². The number of pyridine rings is 1. The van der Waals surface area contributed by atoms with Gasteiger partial charge in [-0.25, -0.2) is 4.79 Å². The third-order valence-corrected chi connectivity index (χ3v) is 3.24. The first kappa shape index (κ1) is 15.6. The number of nitrogens with zero attached hydrogens (tertiary/aromatic N) is 1. The van der Waals surface area contributed by atoms with Gasteiger partial charge in [0.05, 0.1) is 12.8 Å². The fourth-order valence-corrected chi connectivity index (χ4v) is 1.87. The zero-order valence-electron chi connectivity index (χ0n) is 12.7. The van der Waals surface area contributed by atoms with E-state index in [4.69, 9.17) is 9.47 Å². The van der Waals surface area contributed by atoms with Gasteiger partial charge in [-0.1, -0.05) is 12.1 Å². The number of methoxy groups -OCH3 is 1. The molecule has 0 unspecified atom stereocenters. The highest BCUT2D eigenvalue weighted by Crippen LogP contribution is 2.14. The minimum absolute atomic E-state index is 0.0466. The fourth-order valence-electron chi connectivity index (χ4n) is 1.87. The SMILES string of the molecule is COc1cccc(/C=C/C(=O)Oc2c(C)n(C)ccc2=O)c1. The third-order valence-electron chi connectivity index (χ3n) is 3.24. The molecule has 0 aliphatic heterocycles. The van der Waals surface area contributed by atoms with E-state index in [0.717, 1.165) is 5.56 Å². The Balaban J connectivity index is 2.15. The summed E-state index contributed by atoms with van der Waals surface area (Å²) < 4.78 is 12.0. The molecule has 0 aliphatic carbocycles. The van der Waals surface area contributed by atoms with Gasteiger partial charge in [-0.05, 0) is 30.7 Å². The Hall–Kier alpha value is -2.82. The zero-order chi connectivity index (χ0) is 16.1. The molecule has 2 aromatic rings. The summed E-state index contributed by atoms with van der Waals surface area (Å²) in [5.41, 5.74) is 1.07. The molecule has 0 saturated carbocycles. The molecule has 114 valence electrons. The molecule has 0 N–H and O–H groups in total. The molecule has 0 amide bonds. The van der Waals surface area contributed by atoms with Gasteiger partial charge in [0.25, 0.3) is 0 Å². The lowest BCUT2D eigenvalue weighted by Crippen LogP contribution is -2.16. The minimum atomic E-state index is -0.603. The quantitative estimate of drug-likeness (QED) is 0.642. The summed E-state index contributed by atoms with van der Waals surface area (Å²) in [6, 6.07) is 8.62. The summed E-state index contributed by atoms with van der Waals surface area (Å²) in [7, 11) is 3.35. The van der Waals surface area contributed by atoms with Crippen molar-refractivity contribution in [3.63, 3.8) is 0 Å². The van der Waals surface area contributed by atoms with E-state index in [2.05, 4.69) is 0 Å². The van der Waals surface area contributed by atoms with Gasteiger partial charge in [-0.3, -0.25) is 4.79 Å². The number of esters is 1. The van der Waals surface area contributed by atoms with Crippen LogP contribution < -0.4 is 14.9 Å². The standard InChI is InChI=1S/C17H17NO4/c1-12-17(15(19)9-10-18(12)2)22-16(20)8-7-13-5-4-6-14(11-13)21-3/h4-11H,1-3H3/b8-7+. The second-order valence-electron chi connectivity index (χ2n) is 4.74. The van der Waals surface area contributed by atoms with Gasteiger partial charge in [0.2, 0.25) is 5.43 Å². The van der Waals surface area contributed by atoms with Crippen molar-refractivity contribution >= 4 is 12.0 Å². The van der Waals surface area contributed by atoms with Crippen LogP contribution in [-0.4, -0.2) is 17.6 Å². The number of benzene rings is 1. The molecule has 5 heteroatoms. The van der Waals surface area contributed by atoms with E-state index < -0.39 is 5.97 Å². The molecule has 0 aliphatic rings. The van der Waals surface area contributed by atoms with Gasteiger partial charge >= 0.3 is 5.97 Å². The zero-order valence-corrected chi connectivity index (χ0v) is 12.7. The van der Waals surface area contributed by atoms with E-state index in [1.54, 1.807) is 44.0 Å². The maximum absolute atomic E-state index is 11.9. The van der Waals surface area contributed by atoms with Gasteiger partial charge < -0.3 is 14.0 Å². The first-order chi connectivity index (χ1) is 10.5. The van der Waals surface area contributed by atoms with Crippen LogP contribution in [0.2, 0.25) is 0 Å². The number of aromatic nitrogens is 1. The van der Waals surface area contributed by atoms with E-state index in [0.29, 0.717) is 11.4 Å². The van der Waals surface area contributed by atoms with Gasteiger partial charge in [0.1, 0.15) is 5.75 Å². The van der Waals surface area contributed by atoms with Crippen LogP contribution in [0.1, 0.15) is 11.3 Å². The maximum Gasteiger partial charge on any atom is 0.336 e. The topological polar surface area (TPSA) is 57.5 Å². The van der Waals surface area contributed by atoms with Crippen molar-refractivity contribution in [2.75, 3.05) is 7.11 Å². The van der Waals surface area contributed by atoms with Gasteiger partial charge in [-0.2, -0.15) is 0 Å². The molecular weight excluding hydrogens is 282 g/mol. The van der Waals surface area contributed by atoms with E-state index in [9.17, 15) is 9.59 Å². The summed E-state index contributed by atoms with van der Waals surface area (Å²) in [6.45, 7) is 1.72. The lowest BCUT2D eigenvalue weighted by molar-refractivity contribution is -0.129. The third kappa shape index (κ3) is 3.63. The van der Waals surface area contributed by atoms with Crippen LogP contribution in [0.5, 0.6) is 11.5 Å². The molecule has 0 spiro atoms. The molecule has 0 atom stereocenters. The molecule has 0 fully saturated rings. The first-order valence-electron chi connectivity index (χ1n) is 6.71. The van der Waals surface area contributed by atoms with E-state index in [1.165, 1.54) is 12.1 Å². The van der Waals surface area contributed by atoms with Crippen LogP contribution in [0.4, 0.5) is 0 Å². The largest absolute Gasteiger partial charge is 0.497 e. The Bertz CT molecular complexity index is 774. The van der Waals surface area contributed by atoms with Crippen molar-refractivity contribution in [3.8, 4) is 11.5 Å². The molecule has 1 heterocycles. The van der Waals surface area contributed by atoms with Gasteiger partial charge in [0, 0.05) is 25.4 Å². The lowest BCUT2D eigenvalue weighted by Gasteiger charge is -2.08. The Kier molecular flexibility index (Phi) is 4.78. The van der Waals surface area contributed by atoms with E-state index in [1.807, 2.05) is 18.2 Å². The molecule has 0 saturated heterocycles. The van der Waals surface area contributed by atoms with Crippen LogP contribution in [0.15, 0.2) is 47.4 Å². The van der Waals surface area contributed by atoms with Crippen molar-refractivity contribution in [2.24, 2.45) is 7.05 Å². The van der Waals surface area contributed by atoms with Crippen LogP contribution >= 0.6 is 0 Å². The smallest absolute Gasteiger partial charge is 0.336 e. The number of carbonyl (C=O) groups is 1. The lowest BCUT2D eigenvalue weighted by atomic mass is 10.2. The van der Waals surface area contributed by atoms with Crippen LogP contribution in [0.25, 0.3) is 6.08 Å². The average molecular weight is 299 g/mol. The predicted octanol–water partition coefficient (Wildman–Crippen LogP) is 2.32. The number of carbonyl (C=O) groups excluding carboxylic acids is 1. The molecule has 1 aromatic heterocycles. The van der Waals surface area contributed by atoms with Crippen molar-refractivity contribution < 1.29 is 14.3 Å². The van der Waals surface area contributed by atoms with Crippen LogP contribution in [-0.2, 0) is 11.8 Å². The summed E-state index contributed by atoms with van der Waals surface area (Å²) in [5.74, 6) is 0.141. The Morgan fingerprint density at radius 3 is 2.77 bits per heavy atom. The maximum atomic E-state index is 11.9. The molecular formula is C17H17NO4. The molecule has 1 aromatic carbocycles. The number of ether oxygens (including phenoxy) is 2. The number of hydrogen-bond donors (Lipinski definition) is 0. The van der Waals surface area contributed by atoms with Crippen molar-refractivity contribution in [2.45, 2.75) is 6.92 Å². The van der Waals surface area contributed by atoms with Gasteiger partial charge in [0.15, 0.2) is 5.75 Å². The highest BCUT2D eigenvalue weighted by atomic mass is 16.5. The normalized spacial score (nSPS) is 10.7.